The first kappa shape index (κ1) is 8.56. The molecule has 1 aromatic rings. The Balaban J connectivity index is 2.96. The fourth-order valence-electron chi connectivity index (χ4n) is 0.681. The Morgan fingerprint density at radius 1 is 1.82 bits per heavy atom. The van der Waals surface area contributed by atoms with Gasteiger partial charge in [-0.2, -0.15) is 5.10 Å². The maximum atomic E-state index is 9.64. The number of nitrogens with zero attached hydrogens (tertiary/aromatic N) is 1. The van der Waals surface area contributed by atoms with Crippen LogP contribution >= 0.6 is 22.6 Å². The average Bonchev–Trinajstić information content (AvgIpc) is 2.37. The van der Waals surface area contributed by atoms with Gasteiger partial charge in [0.15, 0.2) is 5.60 Å². The maximum absolute atomic E-state index is 9.64. The molecule has 1 rings (SSSR count). The quantitative estimate of drug-likeness (QED) is 0.586. The molecule has 1 unspecified atom stereocenters. The van der Waals surface area contributed by atoms with Gasteiger partial charge in [-0.15, -0.1) is 0 Å². The van der Waals surface area contributed by atoms with Crippen molar-refractivity contribution >= 4 is 22.6 Å². The van der Waals surface area contributed by atoms with Crippen LogP contribution in [0.3, 0.4) is 0 Å². The van der Waals surface area contributed by atoms with E-state index in [9.17, 15) is 5.11 Å². The molecule has 0 bridgehead atoms. The molecular formula is C7H7IN2O. The lowest BCUT2D eigenvalue weighted by Gasteiger charge is -2.12. The molecule has 58 valence electrons. The summed E-state index contributed by atoms with van der Waals surface area (Å²) in [5.74, 6) is 2.66. The fraction of sp³-hybridized carbons (Fsp3) is 0.286. The number of halogens is 1. The van der Waals surface area contributed by atoms with Gasteiger partial charge in [0.25, 0.3) is 0 Å². The number of H-pyrrole nitrogens is 1. The molecule has 0 aliphatic carbocycles. The number of aliphatic hydroxyl groups is 1. The second-order valence-corrected chi connectivity index (χ2v) is 2.82. The van der Waals surface area contributed by atoms with E-state index in [1.807, 2.05) is 22.6 Å². The monoisotopic (exact) mass is 262 g/mol. The highest BCUT2D eigenvalue weighted by Crippen LogP contribution is 2.17. The van der Waals surface area contributed by atoms with E-state index in [1.165, 1.54) is 0 Å². The van der Waals surface area contributed by atoms with Crippen LogP contribution in [0, 0.1) is 9.85 Å². The number of nitrogens with one attached hydrogen (secondary N) is 1. The topological polar surface area (TPSA) is 48.9 Å². The van der Waals surface area contributed by atoms with E-state index in [0.717, 1.165) is 0 Å². The first-order chi connectivity index (χ1) is 5.17. The fourth-order valence-corrected chi connectivity index (χ4v) is 1.21. The molecule has 0 aliphatic rings. The van der Waals surface area contributed by atoms with E-state index in [1.54, 1.807) is 19.3 Å². The summed E-state index contributed by atoms with van der Waals surface area (Å²) < 4.78 is 2.62. The third kappa shape index (κ3) is 1.94. The van der Waals surface area contributed by atoms with Crippen molar-refractivity contribution in [1.29, 1.82) is 0 Å². The van der Waals surface area contributed by atoms with Gasteiger partial charge < -0.3 is 5.11 Å². The van der Waals surface area contributed by atoms with Crippen LogP contribution in [-0.2, 0) is 5.60 Å². The molecule has 0 amide bonds. The highest BCUT2D eigenvalue weighted by molar-refractivity contribution is 14.1. The third-order valence-electron chi connectivity index (χ3n) is 1.35. The normalized spacial score (nSPS) is 14.8. The number of rotatable bonds is 1. The molecule has 0 radical (unpaired) electrons. The molecule has 3 nitrogen and oxygen atoms in total. The minimum Gasteiger partial charge on any atom is -0.374 e. The first-order valence-electron chi connectivity index (χ1n) is 3.01. The van der Waals surface area contributed by atoms with Gasteiger partial charge in [-0.1, -0.05) is 5.92 Å². The highest BCUT2D eigenvalue weighted by atomic mass is 127. The van der Waals surface area contributed by atoms with Gasteiger partial charge in [0.1, 0.15) is 0 Å². The molecule has 11 heavy (non-hydrogen) atoms. The van der Waals surface area contributed by atoms with Crippen LogP contribution in [0.2, 0.25) is 0 Å². The summed E-state index contributed by atoms with van der Waals surface area (Å²) in [5, 5.41) is 16.0. The number of aromatic nitrogens is 2. The lowest BCUT2D eigenvalue weighted by Crippen LogP contribution is -2.17. The summed E-state index contributed by atoms with van der Waals surface area (Å²) in [6.07, 6.45) is 3.18. The van der Waals surface area contributed by atoms with Crippen molar-refractivity contribution in [2.75, 3.05) is 0 Å². The summed E-state index contributed by atoms with van der Waals surface area (Å²) >= 11 is 1.89. The summed E-state index contributed by atoms with van der Waals surface area (Å²) in [5.41, 5.74) is -0.407. The van der Waals surface area contributed by atoms with Crippen molar-refractivity contribution in [1.82, 2.24) is 10.2 Å². The highest BCUT2D eigenvalue weighted by Gasteiger charge is 2.20. The van der Waals surface area contributed by atoms with Crippen molar-refractivity contribution in [3.63, 3.8) is 0 Å². The molecule has 0 fully saturated rings. The van der Waals surface area contributed by atoms with Gasteiger partial charge in [-0.3, -0.25) is 5.10 Å². The Kier molecular flexibility index (Phi) is 2.52. The standard InChI is InChI=1S/C7H7IN2O/c1-7(11,2-3-8)6-4-9-10-5-6/h4-5,11H,1H3,(H,9,10). The van der Waals surface area contributed by atoms with Gasteiger partial charge in [-0.25, -0.2) is 0 Å². The van der Waals surface area contributed by atoms with Crippen molar-refractivity contribution in [2.24, 2.45) is 0 Å². The predicted molar refractivity (Wildman–Crippen MR) is 50.0 cm³/mol. The minimum absolute atomic E-state index is 0.682. The number of aromatic amines is 1. The summed E-state index contributed by atoms with van der Waals surface area (Å²) in [6, 6.07) is 0. The Hall–Kier alpha value is -0.540. The van der Waals surface area contributed by atoms with Crippen LogP contribution in [-0.4, -0.2) is 15.3 Å². The Labute approximate surface area is 78.3 Å². The summed E-state index contributed by atoms with van der Waals surface area (Å²) in [6.45, 7) is 1.63. The van der Waals surface area contributed by atoms with Crippen LogP contribution in [0.15, 0.2) is 12.4 Å². The van der Waals surface area contributed by atoms with E-state index in [2.05, 4.69) is 20.0 Å². The molecule has 0 saturated heterocycles. The van der Waals surface area contributed by atoms with E-state index >= 15 is 0 Å². The zero-order chi connectivity index (χ0) is 8.32. The molecule has 0 aromatic carbocycles. The zero-order valence-corrected chi connectivity index (χ0v) is 8.08. The van der Waals surface area contributed by atoms with Gasteiger partial charge in [0.05, 0.1) is 6.20 Å². The van der Waals surface area contributed by atoms with E-state index in [-0.39, 0.29) is 0 Å². The molecule has 2 N–H and O–H groups in total. The van der Waals surface area contributed by atoms with E-state index in [4.69, 9.17) is 0 Å². The van der Waals surface area contributed by atoms with Crippen molar-refractivity contribution < 1.29 is 5.11 Å². The molecular weight excluding hydrogens is 255 g/mol. The molecule has 0 spiro atoms. The van der Waals surface area contributed by atoms with Gasteiger partial charge in [0, 0.05) is 34.4 Å². The second kappa shape index (κ2) is 3.24. The largest absolute Gasteiger partial charge is 0.374 e. The Morgan fingerprint density at radius 2 is 2.55 bits per heavy atom. The lowest BCUT2D eigenvalue weighted by atomic mass is 10.0. The van der Waals surface area contributed by atoms with Crippen molar-refractivity contribution in [3.8, 4) is 9.85 Å². The van der Waals surface area contributed by atoms with Crippen LogP contribution in [0.4, 0.5) is 0 Å². The van der Waals surface area contributed by atoms with Crippen molar-refractivity contribution in [2.45, 2.75) is 12.5 Å². The van der Waals surface area contributed by atoms with Gasteiger partial charge in [0.2, 0.25) is 0 Å². The van der Waals surface area contributed by atoms with Gasteiger partial charge >= 0.3 is 0 Å². The predicted octanol–water partition coefficient (Wildman–Crippen LogP) is 1.01. The molecule has 0 aliphatic heterocycles. The number of hydrogen-bond donors (Lipinski definition) is 2. The lowest BCUT2D eigenvalue weighted by molar-refractivity contribution is 0.122. The SMILES string of the molecule is CC(O)(C#CI)c1cn[nH]c1. The average molecular weight is 262 g/mol. The number of hydrogen-bond acceptors (Lipinski definition) is 2. The van der Waals surface area contributed by atoms with E-state index in [0.29, 0.717) is 5.56 Å². The van der Waals surface area contributed by atoms with Crippen LogP contribution in [0.1, 0.15) is 12.5 Å². The smallest absolute Gasteiger partial charge is 0.151 e. The molecule has 1 atom stereocenters. The Morgan fingerprint density at radius 3 is 3.00 bits per heavy atom. The van der Waals surface area contributed by atoms with Crippen LogP contribution < -0.4 is 0 Å². The summed E-state index contributed by atoms with van der Waals surface area (Å²) in [7, 11) is 0. The molecule has 4 heteroatoms. The van der Waals surface area contributed by atoms with Crippen molar-refractivity contribution in [3.05, 3.63) is 18.0 Å². The molecule has 1 aromatic heterocycles. The molecule has 1 heterocycles. The second-order valence-electron chi connectivity index (χ2n) is 2.28. The molecule has 0 saturated carbocycles. The van der Waals surface area contributed by atoms with Crippen LogP contribution in [0.25, 0.3) is 0 Å². The Bertz CT molecular complexity index is 281. The first-order valence-corrected chi connectivity index (χ1v) is 4.09. The van der Waals surface area contributed by atoms with Gasteiger partial charge in [-0.05, 0) is 10.9 Å². The van der Waals surface area contributed by atoms with E-state index < -0.39 is 5.60 Å². The summed E-state index contributed by atoms with van der Waals surface area (Å²) in [4.78, 5) is 0. The third-order valence-corrected chi connectivity index (χ3v) is 1.62. The van der Waals surface area contributed by atoms with Crippen LogP contribution in [0.5, 0.6) is 0 Å². The zero-order valence-electron chi connectivity index (χ0n) is 5.93. The minimum atomic E-state index is -1.09. The maximum Gasteiger partial charge on any atom is 0.151 e.